The molecule has 1 aliphatic rings. The minimum absolute atomic E-state index is 1.06. The predicted molar refractivity (Wildman–Crippen MR) is 51.0 cm³/mol. The van der Waals surface area contributed by atoms with E-state index in [9.17, 15) is 0 Å². The third-order valence-corrected chi connectivity index (χ3v) is 2.59. The molecule has 0 aliphatic carbocycles. The van der Waals surface area contributed by atoms with Gasteiger partial charge in [-0.3, -0.25) is 0 Å². The Morgan fingerprint density at radius 2 is 2.08 bits per heavy atom. The van der Waals surface area contributed by atoms with Crippen LogP contribution in [0.3, 0.4) is 0 Å². The Kier molecular flexibility index (Phi) is 1.30. The zero-order valence-electron chi connectivity index (χ0n) is 7.27. The summed E-state index contributed by atoms with van der Waals surface area (Å²) >= 11 is 0. The van der Waals surface area contributed by atoms with Crippen LogP contribution >= 0.6 is 0 Å². The molecule has 0 saturated heterocycles. The van der Waals surface area contributed by atoms with Crippen molar-refractivity contribution in [1.82, 2.24) is 9.55 Å². The SMILES string of the molecule is c1ccc2c(c1)CCc1nccn1-2. The Balaban J connectivity index is 2.30. The van der Waals surface area contributed by atoms with Gasteiger partial charge in [-0.25, -0.2) is 4.98 Å². The average Bonchev–Trinajstić information content (AvgIpc) is 2.65. The van der Waals surface area contributed by atoms with Crippen molar-refractivity contribution in [3.63, 3.8) is 0 Å². The molecule has 1 aromatic heterocycles. The first-order valence-electron chi connectivity index (χ1n) is 4.56. The molecule has 0 saturated carbocycles. The molecule has 0 bridgehead atoms. The fourth-order valence-electron chi connectivity index (χ4n) is 1.94. The number of aryl methyl sites for hydroxylation is 2. The van der Waals surface area contributed by atoms with Crippen molar-refractivity contribution in [2.24, 2.45) is 0 Å². The molecule has 2 heteroatoms. The van der Waals surface area contributed by atoms with Gasteiger partial charge in [0.1, 0.15) is 5.82 Å². The molecule has 0 radical (unpaired) electrons. The Labute approximate surface area is 76.9 Å². The molecule has 1 aliphatic heterocycles. The van der Waals surface area contributed by atoms with Gasteiger partial charge in [-0.2, -0.15) is 0 Å². The van der Waals surface area contributed by atoms with Crippen molar-refractivity contribution >= 4 is 0 Å². The summed E-state index contributed by atoms with van der Waals surface area (Å²) in [7, 11) is 0. The Morgan fingerprint density at radius 1 is 1.15 bits per heavy atom. The third kappa shape index (κ3) is 0.917. The molecular formula is C11H10N2. The molecule has 0 atom stereocenters. The molecule has 0 amide bonds. The van der Waals surface area contributed by atoms with Crippen molar-refractivity contribution in [2.75, 3.05) is 0 Å². The van der Waals surface area contributed by atoms with E-state index in [-0.39, 0.29) is 0 Å². The minimum atomic E-state index is 1.06. The van der Waals surface area contributed by atoms with E-state index in [1.165, 1.54) is 17.1 Å². The molecule has 0 N–H and O–H groups in total. The topological polar surface area (TPSA) is 17.8 Å². The van der Waals surface area contributed by atoms with E-state index in [1.807, 2.05) is 12.4 Å². The number of para-hydroxylation sites is 1. The van der Waals surface area contributed by atoms with Crippen molar-refractivity contribution in [1.29, 1.82) is 0 Å². The first kappa shape index (κ1) is 6.89. The Hall–Kier alpha value is -1.57. The zero-order valence-corrected chi connectivity index (χ0v) is 7.27. The van der Waals surface area contributed by atoms with Gasteiger partial charge in [-0.05, 0) is 18.1 Å². The number of hydrogen-bond donors (Lipinski definition) is 0. The monoisotopic (exact) mass is 170 g/mol. The number of rotatable bonds is 0. The molecule has 0 fully saturated rings. The molecule has 1 aromatic carbocycles. The van der Waals surface area contributed by atoms with E-state index in [0.29, 0.717) is 0 Å². The van der Waals surface area contributed by atoms with Crippen molar-refractivity contribution in [2.45, 2.75) is 12.8 Å². The molecule has 3 rings (SSSR count). The Morgan fingerprint density at radius 3 is 3.08 bits per heavy atom. The fourth-order valence-corrected chi connectivity index (χ4v) is 1.94. The van der Waals surface area contributed by atoms with Gasteiger partial charge in [0.05, 0.1) is 0 Å². The second-order valence-corrected chi connectivity index (χ2v) is 3.34. The summed E-state index contributed by atoms with van der Waals surface area (Å²) in [5.41, 5.74) is 2.72. The van der Waals surface area contributed by atoms with Gasteiger partial charge < -0.3 is 4.57 Å². The normalized spacial score (nSPS) is 13.5. The number of nitrogens with zero attached hydrogens (tertiary/aromatic N) is 2. The smallest absolute Gasteiger partial charge is 0.113 e. The molecule has 13 heavy (non-hydrogen) atoms. The summed E-state index contributed by atoms with van der Waals surface area (Å²) in [4.78, 5) is 4.32. The summed E-state index contributed by atoms with van der Waals surface area (Å²) in [6.07, 6.45) is 6.09. The second-order valence-electron chi connectivity index (χ2n) is 3.34. The second kappa shape index (κ2) is 2.46. The maximum absolute atomic E-state index is 4.32. The molecule has 64 valence electrons. The predicted octanol–water partition coefficient (Wildman–Crippen LogP) is 1.97. The van der Waals surface area contributed by atoms with E-state index < -0.39 is 0 Å². The lowest BCUT2D eigenvalue weighted by Gasteiger charge is -2.17. The molecule has 2 nitrogen and oxygen atoms in total. The zero-order chi connectivity index (χ0) is 8.67. The van der Waals surface area contributed by atoms with Crippen molar-refractivity contribution in [3.05, 3.63) is 48.0 Å². The van der Waals surface area contributed by atoms with Crippen LogP contribution in [0.25, 0.3) is 5.69 Å². The summed E-state index contributed by atoms with van der Waals surface area (Å²) < 4.78 is 2.18. The molecule has 0 unspecified atom stereocenters. The standard InChI is InChI=1S/C11H10N2/c1-2-4-10-9(3-1)5-6-11-12-7-8-13(10)11/h1-4,7-8H,5-6H2. The van der Waals surface area contributed by atoms with Crippen LogP contribution in [-0.4, -0.2) is 9.55 Å². The highest BCUT2D eigenvalue weighted by Crippen LogP contribution is 2.22. The van der Waals surface area contributed by atoms with E-state index in [1.54, 1.807) is 0 Å². The number of fused-ring (bicyclic) bond motifs is 3. The van der Waals surface area contributed by atoms with E-state index >= 15 is 0 Å². The summed E-state index contributed by atoms with van der Waals surface area (Å²) in [6, 6.07) is 8.52. The quantitative estimate of drug-likeness (QED) is 0.591. The summed E-state index contributed by atoms with van der Waals surface area (Å²) in [5, 5.41) is 0. The van der Waals surface area contributed by atoms with Gasteiger partial charge >= 0.3 is 0 Å². The highest BCUT2D eigenvalue weighted by Gasteiger charge is 2.14. The summed E-state index contributed by atoms with van der Waals surface area (Å²) in [5.74, 6) is 1.18. The van der Waals surface area contributed by atoms with Crippen LogP contribution in [0.4, 0.5) is 0 Å². The average molecular weight is 170 g/mol. The van der Waals surface area contributed by atoms with Crippen LogP contribution in [0.15, 0.2) is 36.7 Å². The minimum Gasteiger partial charge on any atom is -0.303 e. The van der Waals surface area contributed by atoms with Crippen molar-refractivity contribution in [3.8, 4) is 5.69 Å². The maximum atomic E-state index is 4.32. The van der Waals surface area contributed by atoms with Gasteiger partial charge in [0, 0.05) is 24.5 Å². The van der Waals surface area contributed by atoms with Gasteiger partial charge in [0.25, 0.3) is 0 Å². The van der Waals surface area contributed by atoms with Crippen LogP contribution in [0.5, 0.6) is 0 Å². The lowest BCUT2D eigenvalue weighted by Crippen LogP contribution is -2.11. The number of aromatic nitrogens is 2. The van der Waals surface area contributed by atoms with Gasteiger partial charge in [-0.15, -0.1) is 0 Å². The van der Waals surface area contributed by atoms with Crippen LogP contribution in [0, 0.1) is 0 Å². The van der Waals surface area contributed by atoms with Gasteiger partial charge in [-0.1, -0.05) is 18.2 Å². The van der Waals surface area contributed by atoms with Crippen LogP contribution in [-0.2, 0) is 12.8 Å². The van der Waals surface area contributed by atoms with E-state index in [0.717, 1.165) is 12.8 Å². The fraction of sp³-hybridized carbons (Fsp3) is 0.182. The highest BCUT2D eigenvalue weighted by atomic mass is 15.1. The van der Waals surface area contributed by atoms with Gasteiger partial charge in [0.15, 0.2) is 0 Å². The third-order valence-electron chi connectivity index (χ3n) is 2.59. The van der Waals surface area contributed by atoms with Crippen LogP contribution in [0.2, 0.25) is 0 Å². The maximum Gasteiger partial charge on any atom is 0.113 e. The number of benzene rings is 1. The summed E-state index contributed by atoms with van der Waals surface area (Å²) in [6.45, 7) is 0. The lowest BCUT2D eigenvalue weighted by molar-refractivity contribution is 0.778. The van der Waals surface area contributed by atoms with Gasteiger partial charge in [0.2, 0.25) is 0 Å². The molecule has 2 aromatic rings. The molecule has 2 heterocycles. The Bertz CT molecular complexity index is 443. The molecule has 0 spiro atoms. The van der Waals surface area contributed by atoms with Crippen molar-refractivity contribution < 1.29 is 0 Å². The van der Waals surface area contributed by atoms with Crippen LogP contribution < -0.4 is 0 Å². The first-order valence-corrected chi connectivity index (χ1v) is 4.56. The van der Waals surface area contributed by atoms with E-state index in [2.05, 4.69) is 33.8 Å². The largest absolute Gasteiger partial charge is 0.303 e. The number of hydrogen-bond acceptors (Lipinski definition) is 1. The molecular weight excluding hydrogens is 160 g/mol. The van der Waals surface area contributed by atoms with Crippen LogP contribution in [0.1, 0.15) is 11.4 Å². The lowest BCUT2D eigenvalue weighted by atomic mass is 10.0. The number of imidazole rings is 1. The highest BCUT2D eigenvalue weighted by molar-refractivity contribution is 5.44. The van der Waals surface area contributed by atoms with E-state index in [4.69, 9.17) is 0 Å². The first-order chi connectivity index (χ1) is 6.45.